The Labute approximate surface area is 128 Å². The predicted octanol–water partition coefficient (Wildman–Crippen LogP) is 0.753. The van der Waals surface area contributed by atoms with Crippen molar-refractivity contribution in [2.45, 2.75) is 39.0 Å². The molecular formula is C15H31N3O3. The second-order valence-electron chi connectivity index (χ2n) is 5.34. The van der Waals surface area contributed by atoms with Crippen LogP contribution >= 0.6 is 0 Å². The summed E-state index contributed by atoms with van der Waals surface area (Å²) in [6.45, 7) is 4.08. The zero-order valence-electron chi connectivity index (χ0n) is 13.7. The van der Waals surface area contributed by atoms with Gasteiger partial charge in [-0.05, 0) is 31.7 Å². The number of ether oxygens (including phenoxy) is 1. The Morgan fingerprint density at radius 1 is 1.33 bits per heavy atom. The maximum absolute atomic E-state index is 12.0. The molecule has 2 amide bonds. The molecule has 6 heteroatoms. The van der Waals surface area contributed by atoms with E-state index >= 15 is 0 Å². The lowest BCUT2D eigenvalue weighted by Crippen LogP contribution is -2.38. The van der Waals surface area contributed by atoms with Crippen molar-refractivity contribution in [3.63, 3.8) is 0 Å². The van der Waals surface area contributed by atoms with Crippen molar-refractivity contribution in [2.24, 2.45) is 11.7 Å². The molecule has 0 aromatic carbocycles. The molecule has 0 aromatic heterocycles. The van der Waals surface area contributed by atoms with Crippen molar-refractivity contribution >= 4 is 11.8 Å². The first-order valence-electron chi connectivity index (χ1n) is 7.74. The molecule has 0 rings (SSSR count). The van der Waals surface area contributed by atoms with E-state index in [1.807, 2.05) is 0 Å². The van der Waals surface area contributed by atoms with E-state index in [1.165, 1.54) is 4.90 Å². The van der Waals surface area contributed by atoms with Gasteiger partial charge in [0.1, 0.15) is 0 Å². The number of rotatable bonds is 12. The first-order valence-corrected chi connectivity index (χ1v) is 7.74. The Bertz CT molecular complexity index is 298. The normalized spacial score (nSPS) is 12.0. The molecule has 0 aliphatic carbocycles. The molecule has 0 saturated heterocycles. The zero-order valence-corrected chi connectivity index (χ0v) is 13.7. The lowest BCUT2D eigenvalue weighted by Gasteiger charge is -2.19. The highest BCUT2D eigenvalue weighted by molar-refractivity contribution is 5.84. The van der Waals surface area contributed by atoms with Gasteiger partial charge in [0, 0.05) is 33.7 Å². The minimum absolute atomic E-state index is 0.0116. The lowest BCUT2D eigenvalue weighted by molar-refractivity contribution is -0.135. The monoisotopic (exact) mass is 301 g/mol. The van der Waals surface area contributed by atoms with Crippen LogP contribution in [0.5, 0.6) is 0 Å². The van der Waals surface area contributed by atoms with Crippen LogP contribution in [0.15, 0.2) is 0 Å². The van der Waals surface area contributed by atoms with Gasteiger partial charge in [-0.25, -0.2) is 0 Å². The molecule has 1 unspecified atom stereocenters. The summed E-state index contributed by atoms with van der Waals surface area (Å²) in [5.74, 6) is 0.378. The van der Waals surface area contributed by atoms with Crippen molar-refractivity contribution in [1.82, 2.24) is 10.2 Å². The van der Waals surface area contributed by atoms with Crippen molar-refractivity contribution in [3.8, 4) is 0 Å². The number of amides is 2. The van der Waals surface area contributed by atoms with Gasteiger partial charge in [0.05, 0.1) is 6.54 Å². The highest BCUT2D eigenvalue weighted by atomic mass is 16.5. The second-order valence-corrected chi connectivity index (χ2v) is 5.34. The second kappa shape index (κ2) is 12.6. The number of nitrogens with zero attached hydrogens (tertiary/aromatic N) is 1. The fraction of sp³-hybridized carbons (Fsp3) is 0.867. The van der Waals surface area contributed by atoms with Gasteiger partial charge < -0.3 is 20.7 Å². The highest BCUT2D eigenvalue weighted by Crippen LogP contribution is 2.15. The quantitative estimate of drug-likeness (QED) is 0.521. The third-order valence-corrected chi connectivity index (χ3v) is 3.57. The fourth-order valence-electron chi connectivity index (χ4n) is 2.11. The topological polar surface area (TPSA) is 84.7 Å². The van der Waals surface area contributed by atoms with Gasteiger partial charge in [0.2, 0.25) is 11.8 Å². The zero-order chi connectivity index (χ0) is 16.1. The van der Waals surface area contributed by atoms with Gasteiger partial charge >= 0.3 is 0 Å². The van der Waals surface area contributed by atoms with Crippen LogP contribution in [0.2, 0.25) is 0 Å². The summed E-state index contributed by atoms with van der Waals surface area (Å²) >= 11 is 0. The number of nitrogens with one attached hydrogen (secondary N) is 1. The Morgan fingerprint density at radius 2 is 2.05 bits per heavy atom. The number of methoxy groups -OCH3 is 1. The van der Waals surface area contributed by atoms with E-state index < -0.39 is 0 Å². The van der Waals surface area contributed by atoms with Crippen LogP contribution in [-0.4, -0.2) is 57.1 Å². The lowest BCUT2D eigenvalue weighted by atomic mass is 9.96. The number of hydrogen-bond donors (Lipinski definition) is 2. The maximum Gasteiger partial charge on any atom is 0.239 e. The highest BCUT2D eigenvalue weighted by Gasteiger charge is 2.14. The summed E-state index contributed by atoms with van der Waals surface area (Å²) in [5, 5.41) is 2.77. The number of hydrogen-bond acceptors (Lipinski definition) is 4. The van der Waals surface area contributed by atoms with E-state index in [9.17, 15) is 9.59 Å². The summed E-state index contributed by atoms with van der Waals surface area (Å²) in [7, 11) is 3.30. The van der Waals surface area contributed by atoms with Gasteiger partial charge in [-0.1, -0.05) is 13.3 Å². The molecule has 0 spiro atoms. The fourth-order valence-corrected chi connectivity index (χ4v) is 2.11. The number of likely N-dealkylation sites (N-methyl/N-ethyl adjacent to an activating group) is 1. The van der Waals surface area contributed by atoms with E-state index in [1.54, 1.807) is 14.2 Å². The standard InChI is InChI=1S/C15H31N3O3/c1-4-13(8-9-16)6-7-15(20)18(2)12-14(19)17-10-5-11-21-3/h13H,4-12,16H2,1-3H3,(H,17,19). The molecular weight excluding hydrogens is 270 g/mol. The average Bonchev–Trinajstić information content (AvgIpc) is 2.47. The Hall–Kier alpha value is -1.14. The molecule has 0 aliphatic heterocycles. The summed E-state index contributed by atoms with van der Waals surface area (Å²) in [5.41, 5.74) is 5.55. The Morgan fingerprint density at radius 3 is 2.62 bits per heavy atom. The third-order valence-electron chi connectivity index (χ3n) is 3.57. The molecule has 0 bridgehead atoms. The molecule has 6 nitrogen and oxygen atoms in total. The first kappa shape index (κ1) is 19.9. The van der Waals surface area contributed by atoms with Crippen molar-refractivity contribution in [2.75, 3.05) is 40.4 Å². The largest absolute Gasteiger partial charge is 0.385 e. The van der Waals surface area contributed by atoms with E-state index in [2.05, 4.69) is 12.2 Å². The molecule has 124 valence electrons. The van der Waals surface area contributed by atoms with Crippen LogP contribution < -0.4 is 11.1 Å². The average molecular weight is 301 g/mol. The van der Waals surface area contributed by atoms with E-state index in [0.29, 0.717) is 32.0 Å². The first-order chi connectivity index (χ1) is 10.0. The van der Waals surface area contributed by atoms with E-state index in [0.717, 1.165) is 25.7 Å². The van der Waals surface area contributed by atoms with Gasteiger partial charge in [-0.2, -0.15) is 0 Å². The SMILES string of the molecule is CCC(CCN)CCC(=O)N(C)CC(=O)NCCCOC. The van der Waals surface area contributed by atoms with Crippen molar-refractivity contribution < 1.29 is 14.3 Å². The summed E-state index contributed by atoms with van der Waals surface area (Å²) in [6.07, 6.45) is 4.08. The minimum Gasteiger partial charge on any atom is -0.385 e. The molecule has 1 atom stereocenters. The molecule has 0 radical (unpaired) electrons. The third kappa shape index (κ3) is 10.3. The van der Waals surface area contributed by atoms with Crippen LogP contribution in [0.3, 0.4) is 0 Å². The summed E-state index contributed by atoms with van der Waals surface area (Å²) in [4.78, 5) is 25.1. The smallest absolute Gasteiger partial charge is 0.239 e. The van der Waals surface area contributed by atoms with Crippen LogP contribution in [0.25, 0.3) is 0 Å². The molecule has 0 aliphatic rings. The maximum atomic E-state index is 12.0. The molecule has 0 saturated carbocycles. The van der Waals surface area contributed by atoms with Crippen LogP contribution in [0.1, 0.15) is 39.0 Å². The summed E-state index contributed by atoms with van der Waals surface area (Å²) in [6, 6.07) is 0. The van der Waals surface area contributed by atoms with Crippen molar-refractivity contribution in [1.29, 1.82) is 0 Å². The van der Waals surface area contributed by atoms with E-state index in [-0.39, 0.29) is 18.4 Å². The molecule has 0 fully saturated rings. The molecule has 0 aromatic rings. The van der Waals surface area contributed by atoms with Gasteiger partial charge in [-0.15, -0.1) is 0 Å². The predicted molar refractivity (Wildman–Crippen MR) is 83.8 cm³/mol. The Balaban J connectivity index is 3.90. The Kier molecular flexibility index (Phi) is 11.9. The molecule has 21 heavy (non-hydrogen) atoms. The number of nitrogens with two attached hydrogens (primary N) is 1. The number of carbonyl (C=O) groups excluding carboxylic acids is 2. The summed E-state index contributed by atoms with van der Waals surface area (Å²) < 4.78 is 4.90. The molecule has 0 heterocycles. The van der Waals surface area contributed by atoms with Crippen molar-refractivity contribution in [3.05, 3.63) is 0 Å². The van der Waals surface area contributed by atoms with Crippen LogP contribution in [0.4, 0.5) is 0 Å². The van der Waals surface area contributed by atoms with Crippen LogP contribution in [0, 0.1) is 5.92 Å². The van der Waals surface area contributed by atoms with Crippen LogP contribution in [-0.2, 0) is 14.3 Å². The van der Waals surface area contributed by atoms with Gasteiger partial charge in [-0.3, -0.25) is 9.59 Å². The van der Waals surface area contributed by atoms with Gasteiger partial charge in [0.15, 0.2) is 0 Å². The van der Waals surface area contributed by atoms with E-state index in [4.69, 9.17) is 10.5 Å². The molecule has 3 N–H and O–H groups in total. The minimum atomic E-state index is -0.129. The van der Waals surface area contributed by atoms with Gasteiger partial charge in [0.25, 0.3) is 0 Å². The number of carbonyl (C=O) groups is 2.